The molecule has 2 fully saturated rings. The molecular weight excluding hydrogens is 354 g/mol. The molecule has 0 saturated carbocycles. The Labute approximate surface area is 159 Å². The lowest BCUT2D eigenvalue weighted by Crippen LogP contribution is -2.44. The zero-order valence-corrected chi connectivity index (χ0v) is 15.7. The highest BCUT2D eigenvalue weighted by Gasteiger charge is 2.30. The second-order valence-corrected chi connectivity index (χ2v) is 7.22. The number of halogens is 1. The van der Waals surface area contributed by atoms with Crippen molar-refractivity contribution in [2.75, 3.05) is 39.3 Å². The van der Waals surface area contributed by atoms with Crippen LogP contribution in [-0.2, 0) is 16.0 Å². The molecule has 0 unspecified atom stereocenters. The maximum atomic E-state index is 12.5. The Hall–Kier alpha value is -1.79. The van der Waals surface area contributed by atoms with E-state index in [9.17, 15) is 9.59 Å². The molecule has 2 aliphatic rings. The summed E-state index contributed by atoms with van der Waals surface area (Å²) in [5.41, 5.74) is 1.10. The van der Waals surface area contributed by atoms with Crippen molar-refractivity contribution in [3.63, 3.8) is 0 Å². The molecule has 0 aromatic heterocycles. The van der Waals surface area contributed by atoms with Gasteiger partial charge in [0.2, 0.25) is 0 Å². The molecule has 1 aromatic carbocycles. The van der Waals surface area contributed by atoms with Gasteiger partial charge in [-0.2, -0.15) is 0 Å². The third-order valence-corrected chi connectivity index (χ3v) is 5.11. The van der Waals surface area contributed by atoms with Gasteiger partial charge in [0.15, 0.2) is 0 Å². The summed E-state index contributed by atoms with van der Waals surface area (Å²) in [6.07, 6.45) is 3.01. The number of hydrogen-bond acceptors (Lipinski definition) is 3. The van der Waals surface area contributed by atoms with E-state index < -0.39 is 0 Å². The van der Waals surface area contributed by atoms with E-state index in [1.165, 1.54) is 0 Å². The van der Waals surface area contributed by atoms with Crippen LogP contribution in [0, 0.1) is 0 Å². The van der Waals surface area contributed by atoms with Crippen molar-refractivity contribution < 1.29 is 14.3 Å². The number of benzene rings is 1. The van der Waals surface area contributed by atoms with E-state index in [4.69, 9.17) is 16.3 Å². The predicted molar refractivity (Wildman–Crippen MR) is 100 cm³/mol. The first-order chi connectivity index (χ1) is 12.6. The van der Waals surface area contributed by atoms with Gasteiger partial charge in [-0.25, -0.2) is 4.79 Å². The summed E-state index contributed by atoms with van der Waals surface area (Å²) in [6.45, 7) is 3.71. The molecule has 0 radical (unpaired) electrons. The zero-order valence-electron chi connectivity index (χ0n) is 15.0. The van der Waals surface area contributed by atoms with Crippen LogP contribution < -0.4 is 5.32 Å². The number of carbonyl (C=O) groups is 2. The molecule has 2 heterocycles. The number of nitrogens with one attached hydrogen (secondary N) is 1. The van der Waals surface area contributed by atoms with E-state index >= 15 is 0 Å². The lowest BCUT2D eigenvalue weighted by Gasteiger charge is -2.24. The van der Waals surface area contributed by atoms with E-state index in [-0.39, 0.29) is 18.0 Å². The first-order valence-electron chi connectivity index (χ1n) is 9.31. The van der Waals surface area contributed by atoms with E-state index in [1.807, 2.05) is 29.2 Å². The van der Waals surface area contributed by atoms with Crippen molar-refractivity contribution in [1.82, 2.24) is 15.1 Å². The first-order valence-corrected chi connectivity index (χ1v) is 9.69. The van der Waals surface area contributed by atoms with Gasteiger partial charge in [-0.1, -0.05) is 23.7 Å². The Kier molecular flexibility index (Phi) is 6.74. The number of nitrogens with zero attached hydrogens (tertiary/aromatic N) is 2. The SMILES string of the molecule is O=C(NCCc1cccc(Cl)c1)N1CCCN(C(=O)[C@@H]2CCCO2)CC1. The molecule has 0 spiro atoms. The van der Waals surface area contributed by atoms with E-state index in [1.54, 1.807) is 4.90 Å². The largest absolute Gasteiger partial charge is 0.368 e. The van der Waals surface area contributed by atoms with Crippen LogP contribution in [0.25, 0.3) is 0 Å². The summed E-state index contributed by atoms with van der Waals surface area (Å²) in [5, 5.41) is 3.67. The number of rotatable bonds is 4. The minimum Gasteiger partial charge on any atom is -0.368 e. The molecule has 26 heavy (non-hydrogen) atoms. The summed E-state index contributed by atoms with van der Waals surface area (Å²) >= 11 is 5.98. The summed E-state index contributed by atoms with van der Waals surface area (Å²) in [4.78, 5) is 28.5. The fourth-order valence-electron chi connectivity index (χ4n) is 3.44. The molecule has 2 saturated heterocycles. The fourth-order valence-corrected chi connectivity index (χ4v) is 3.65. The Balaban J connectivity index is 1.43. The average Bonchev–Trinajstić information content (AvgIpc) is 3.05. The van der Waals surface area contributed by atoms with Gasteiger partial charge >= 0.3 is 6.03 Å². The quantitative estimate of drug-likeness (QED) is 0.873. The smallest absolute Gasteiger partial charge is 0.317 e. The summed E-state index contributed by atoms with van der Waals surface area (Å²) < 4.78 is 5.49. The monoisotopic (exact) mass is 379 g/mol. The summed E-state index contributed by atoms with van der Waals surface area (Å²) in [5.74, 6) is 0.0747. The van der Waals surface area contributed by atoms with Crippen molar-refractivity contribution in [3.05, 3.63) is 34.9 Å². The van der Waals surface area contributed by atoms with Crippen molar-refractivity contribution in [1.29, 1.82) is 0 Å². The molecule has 0 aliphatic carbocycles. The molecule has 3 rings (SSSR count). The lowest BCUT2D eigenvalue weighted by atomic mass is 10.1. The number of ether oxygens (including phenoxy) is 1. The second-order valence-electron chi connectivity index (χ2n) is 6.78. The molecule has 2 aliphatic heterocycles. The number of amides is 3. The topological polar surface area (TPSA) is 61.9 Å². The Morgan fingerprint density at radius 2 is 1.96 bits per heavy atom. The standard InChI is InChI=1S/C19H26ClN3O3/c20-16-5-1-4-15(14-16)7-8-21-19(25)23-10-3-9-22(11-12-23)18(24)17-6-2-13-26-17/h1,4-5,14,17H,2-3,6-13H2,(H,21,25)/t17-/m0/s1. The molecule has 1 aromatic rings. The van der Waals surface area contributed by atoms with Crippen LogP contribution in [0.5, 0.6) is 0 Å². The van der Waals surface area contributed by atoms with Crippen LogP contribution >= 0.6 is 11.6 Å². The fraction of sp³-hybridized carbons (Fsp3) is 0.579. The molecule has 142 valence electrons. The van der Waals surface area contributed by atoms with Crippen molar-refractivity contribution >= 4 is 23.5 Å². The molecule has 3 amide bonds. The van der Waals surface area contributed by atoms with Gasteiger partial charge in [0.25, 0.3) is 5.91 Å². The minimum absolute atomic E-state index is 0.0709. The van der Waals surface area contributed by atoms with Gasteiger partial charge in [-0.05, 0) is 43.4 Å². The highest BCUT2D eigenvalue weighted by atomic mass is 35.5. The summed E-state index contributed by atoms with van der Waals surface area (Å²) in [7, 11) is 0. The van der Waals surface area contributed by atoms with Crippen LogP contribution in [0.4, 0.5) is 4.79 Å². The highest BCUT2D eigenvalue weighted by Crippen LogP contribution is 2.16. The normalized spacial score (nSPS) is 20.7. The predicted octanol–water partition coefficient (Wildman–Crippen LogP) is 2.31. The van der Waals surface area contributed by atoms with Crippen molar-refractivity contribution in [2.24, 2.45) is 0 Å². The van der Waals surface area contributed by atoms with E-state index in [2.05, 4.69) is 5.32 Å². The van der Waals surface area contributed by atoms with Crippen LogP contribution in [-0.4, -0.2) is 67.2 Å². The van der Waals surface area contributed by atoms with Gasteiger partial charge in [-0.15, -0.1) is 0 Å². The number of urea groups is 1. The Bertz CT molecular complexity index is 634. The molecule has 1 N–H and O–H groups in total. The Morgan fingerprint density at radius 1 is 1.15 bits per heavy atom. The van der Waals surface area contributed by atoms with Gasteiger partial charge in [-0.3, -0.25) is 4.79 Å². The molecule has 6 nitrogen and oxygen atoms in total. The maximum Gasteiger partial charge on any atom is 0.317 e. The summed E-state index contributed by atoms with van der Waals surface area (Å²) in [6, 6.07) is 7.59. The van der Waals surface area contributed by atoms with Gasteiger partial charge in [0.1, 0.15) is 6.10 Å². The molecule has 7 heteroatoms. The maximum absolute atomic E-state index is 12.5. The first kappa shape index (κ1) is 19.0. The van der Waals surface area contributed by atoms with Crippen LogP contribution in [0.3, 0.4) is 0 Å². The molecular formula is C19H26ClN3O3. The van der Waals surface area contributed by atoms with Gasteiger partial charge in [0.05, 0.1) is 0 Å². The lowest BCUT2D eigenvalue weighted by molar-refractivity contribution is -0.140. The van der Waals surface area contributed by atoms with Crippen LogP contribution in [0.15, 0.2) is 24.3 Å². The van der Waals surface area contributed by atoms with Crippen molar-refractivity contribution in [3.8, 4) is 0 Å². The van der Waals surface area contributed by atoms with E-state index in [0.29, 0.717) is 44.4 Å². The highest BCUT2D eigenvalue weighted by molar-refractivity contribution is 6.30. The van der Waals surface area contributed by atoms with Gasteiger partial charge < -0.3 is 19.9 Å². The van der Waals surface area contributed by atoms with Crippen LogP contribution in [0.2, 0.25) is 5.02 Å². The second kappa shape index (κ2) is 9.24. The van der Waals surface area contributed by atoms with Gasteiger partial charge in [0, 0.05) is 44.4 Å². The Morgan fingerprint density at radius 3 is 2.73 bits per heavy atom. The van der Waals surface area contributed by atoms with Crippen molar-refractivity contribution in [2.45, 2.75) is 31.8 Å². The minimum atomic E-state index is -0.284. The number of carbonyl (C=O) groups excluding carboxylic acids is 2. The number of hydrogen-bond donors (Lipinski definition) is 1. The average molecular weight is 380 g/mol. The third kappa shape index (κ3) is 5.11. The third-order valence-electron chi connectivity index (χ3n) is 4.88. The van der Waals surface area contributed by atoms with E-state index in [0.717, 1.165) is 31.2 Å². The van der Waals surface area contributed by atoms with Crippen LogP contribution in [0.1, 0.15) is 24.8 Å². The molecule has 1 atom stereocenters. The zero-order chi connectivity index (χ0) is 18.4. The molecule has 0 bridgehead atoms.